The Kier molecular flexibility index (Phi) is 10.4. The maximum absolute atomic E-state index is 14.2. The summed E-state index contributed by atoms with van der Waals surface area (Å²) < 4.78 is 27.0. The number of benzene rings is 3. The second kappa shape index (κ2) is 13.3. The van der Waals surface area contributed by atoms with Crippen molar-refractivity contribution in [2.75, 3.05) is 17.1 Å². The summed E-state index contributed by atoms with van der Waals surface area (Å²) in [4.78, 5) is 29.4. The number of amides is 2. The zero-order valence-corrected chi connectivity index (χ0v) is 26.0. The zero-order valence-electron chi connectivity index (χ0n) is 25.2. The molecule has 41 heavy (non-hydrogen) atoms. The molecule has 1 N–H and O–H groups in total. The largest absolute Gasteiger partial charge is 0.350 e. The number of nitrogens with zero attached hydrogens (tertiary/aromatic N) is 2. The fourth-order valence-electron chi connectivity index (χ4n) is 4.54. The predicted molar refractivity (Wildman–Crippen MR) is 166 cm³/mol. The highest BCUT2D eigenvalue weighted by atomic mass is 32.2. The van der Waals surface area contributed by atoms with E-state index in [0.717, 1.165) is 32.8 Å². The number of hydrogen-bond donors (Lipinski definition) is 1. The van der Waals surface area contributed by atoms with Crippen molar-refractivity contribution in [1.82, 2.24) is 10.2 Å². The van der Waals surface area contributed by atoms with E-state index in [1.54, 1.807) is 12.1 Å². The van der Waals surface area contributed by atoms with E-state index in [1.807, 2.05) is 94.4 Å². The van der Waals surface area contributed by atoms with Crippen molar-refractivity contribution in [1.29, 1.82) is 0 Å². The molecule has 3 aromatic rings. The highest BCUT2D eigenvalue weighted by Gasteiger charge is 2.34. The van der Waals surface area contributed by atoms with Crippen LogP contribution in [0.15, 0.2) is 78.9 Å². The fourth-order valence-corrected chi connectivity index (χ4v) is 5.39. The summed E-state index contributed by atoms with van der Waals surface area (Å²) in [5.41, 5.74) is 3.76. The van der Waals surface area contributed by atoms with Crippen LogP contribution in [0.2, 0.25) is 0 Å². The molecular formula is C33H43N3O4S. The molecule has 0 fully saturated rings. The van der Waals surface area contributed by atoms with Crippen LogP contribution >= 0.6 is 0 Å². The van der Waals surface area contributed by atoms with Gasteiger partial charge in [0.05, 0.1) is 11.9 Å². The van der Waals surface area contributed by atoms with Gasteiger partial charge in [0.25, 0.3) is 0 Å². The van der Waals surface area contributed by atoms with E-state index in [0.29, 0.717) is 5.69 Å². The fraction of sp³-hybridized carbons (Fsp3) is 0.394. The first-order valence-corrected chi connectivity index (χ1v) is 15.8. The summed E-state index contributed by atoms with van der Waals surface area (Å²) in [6.45, 7) is 11.5. The maximum Gasteiger partial charge on any atom is 0.244 e. The number of anilines is 1. The molecule has 0 saturated carbocycles. The topological polar surface area (TPSA) is 86.8 Å². The van der Waals surface area contributed by atoms with Gasteiger partial charge in [-0.05, 0) is 62.4 Å². The Bertz CT molecular complexity index is 1410. The molecule has 0 aliphatic heterocycles. The van der Waals surface area contributed by atoms with Crippen molar-refractivity contribution < 1.29 is 18.0 Å². The smallest absolute Gasteiger partial charge is 0.244 e. The van der Waals surface area contributed by atoms with Crippen LogP contribution in [0.3, 0.4) is 0 Å². The van der Waals surface area contributed by atoms with E-state index in [2.05, 4.69) is 19.2 Å². The van der Waals surface area contributed by atoms with Gasteiger partial charge in [0.1, 0.15) is 12.6 Å². The Morgan fingerprint density at radius 1 is 0.854 bits per heavy atom. The highest BCUT2D eigenvalue weighted by Crippen LogP contribution is 2.23. The van der Waals surface area contributed by atoms with Gasteiger partial charge in [0.15, 0.2) is 0 Å². The standard InChI is InChI=1S/C33H43N3O4S/c1-24(2)28-17-19-29(20-18-28)36(41(7,39)40)23-31(37)35(22-27-15-13-25(3)14-16-27)30(32(38)34-33(4,5)6)21-26-11-9-8-10-12-26/h8-20,24,30H,21-23H2,1-7H3,(H,34,38)/t30-/m1/s1. The molecule has 3 aromatic carbocycles. The second-order valence-electron chi connectivity index (χ2n) is 12.0. The van der Waals surface area contributed by atoms with Gasteiger partial charge in [-0.2, -0.15) is 0 Å². The monoisotopic (exact) mass is 577 g/mol. The minimum Gasteiger partial charge on any atom is -0.350 e. The van der Waals surface area contributed by atoms with E-state index >= 15 is 0 Å². The van der Waals surface area contributed by atoms with Crippen LogP contribution in [0, 0.1) is 6.92 Å². The van der Waals surface area contributed by atoms with Gasteiger partial charge in [-0.1, -0.05) is 86.1 Å². The second-order valence-corrected chi connectivity index (χ2v) is 13.9. The predicted octanol–water partition coefficient (Wildman–Crippen LogP) is 5.44. The number of nitrogens with one attached hydrogen (secondary N) is 1. The molecule has 0 aliphatic carbocycles. The Morgan fingerprint density at radius 3 is 1.95 bits per heavy atom. The number of sulfonamides is 1. The molecule has 0 unspecified atom stereocenters. The van der Waals surface area contributed by atoms with Gasteiger partial charge in [0, 0.05) is 18.5 Å². The van der Waals surface area contributed by atoms with Gasteiger partial charge >= 0.3 is 0 Å². The molecule has 220 valence electrons. The van der Waals surface area contributed by atoms with Crippen molar-refractivity contribution in [2.24, 2.45) is 0 Å². The number of carbonyl (C=O) groups is 2. The first kappa shape index (κ1) is 31.9. The summed E-state index contributed by atoms with van der Waals surface area (Å²) in [6, 6.07) is 23.6. The Hall–Kier alpha value is -3.65. The van der Waals surface area contributed by atoms with Crippen LogP contribution in [-0.4, -0.2) is 49.5 Å². The van der Waals surface area contributed by atoms with Crippen LogP contribution in [0.25, 0.3) is 0 Å². The van der Waals surface area contributed by atoms with E-state index in [9.17, 15) is 18.0 Å². The minimum atomic E-state index is -3.81. The van der Waals surface area contributed by atoms with Crippen LogP contribution in [0.5, 0.6) is 0 Å². The Morgan fingerprint density at radius 2 is 1.44 bits per heavy atom. The van der Waals surface area contributed by atoms with Crippen molar-refractivity contribution in [3.8, 4) is 0 Å². The van der Waals surface area contributed by atoms with E-state index in [-0.39, 0.29) is 24.8 Å². The SMILES string of the molecule is Cc1ccc(CN(C(=O)CN(c2ccc(C(C)C)cc2)S(C)(=O)=O)[C@H](Cc2ccccc2)C(=O)NC(C)(C)C)cc1. The van der Waals surface area contributed by atoms with Crippen molar-refractivity contribution in [2.45, 2.75) is 72.0 Å². The zero-order chi connectivity index (χ0) is 30.4. The summed E-state index contributed by atoms with van der Waals surface area (Å²) in [5, 5.41) is 3.04. The third-order valence-corrected chi connectivity index (χ3v) is 7.91. The lowest BCUT2D eigenvalue weighted by Crippen LogP contribution is -2.56. The molecule has 0 saturated heterocycles. The normalized spacial score (nSPS) is 12.6. The lowest BCUT2D eigenvalue weighted by Gasteiger charge is -2.35. The summed E-state index contributed by atoms with van der Waals surface area (Å²) in [7, 11) is -3.81. The first-order chi connectivity index (χ1) is 19.1. The molecule has 1 atom stereocenters. The molecule has 0 heterocycles. The average Bonchev–Trinajstić information content (AvgIpc) is 2.89. The molecule has 2 amide bonds. The quantitative estimate of drug-likeness (QED) is 0.329. The van der Waals surface area contributed by atoms with Crippen LogP contribution in [0.1, 0.15) is 62.8 Å². The molecular weight excluding hydrogens is 534 g/mol. The summed E-state index contributed by atoms with van der Waals surface area (Å²) in [5.74, 6) is -0.481. The van der Waals surface area contributed by atoms with Crippen LogP contribution < -0.4 is 9.62 Å². The van der Waals surface area contributed by atoms with Gasteiger partial charge in [-0.25, -0.2) is 8.42 Å². The summed E-state index contributed by atoms with van der Waals surface area (Å²) >= 11 is 0. The molecule has 8 heteroatoms. The van der Waals surface area contributed by atoms with Gasteiger partial charge in [-0.3, -0.25) is 13.9 Å². The third-order valence-electron chi connectivity index (χ3n) is 6.77. The molecule has 0 aromatic heterocycles. The maximum atomic E-state index is 14.2. The van der Waals surface area contributed by atoms with Crippen LogP contribution in [0.4, 0.5) is 5.69 Å². The molecule has 0 radical (unpaired) electrons. The number of hydrogen-bond acceptors (Lipinski definition) is 4. The number of carbonyl (C=O) groups excluding carboxylic acids is 2. The average molecular weight is 578 g/mol. The van der Waals surface area contributed by atoms with E-state index in [4.69, 9.17) is 0 Å². The number of rotatable bonds is 11. The highest BCUT2D eigenvalue weighted by molar-refractivity contribution is 7.92. The Balaban J connectivity index is 2.06. The molecule has 0 aliphatic rings. The van der Waals surface area contributed by atoms with E-state index < -0.39 is 34.1 Å². The van der Waals surface area contributed by atoms with E-state index in [1.165, 1.54) is 4.90 Å². The molecule has 3 rings (SSSR count). The molecule has 0 spiro atoms. The van der Waals surface area contributed by atoms with Crippen LogP contribution in [-0.2, 0) is 32.6 Å². The molecule has 7 nitrogen and oxygen atoms in total. The van der Waals surface area contributed by atoms with Crippen molar-refractivity contribution >= 4 is 27.5 Å². The van der Waals surface area contributed by atoms with Gasteiger partial charge < -0.3 is 10.2 Å². The third kappa shape index (κ3) is 9.46. The lowest BCUT2D eigenvalue weighted by atomic mass is 10.0. The summed E-state index contributed by atoms with van der Waals surface area (Å²) in [6.07, 6.45) is 1.37. The first-order valence-electron chi connectivity index (χ1n) is 13.9. The van der Waals surface area contributed by atoms with Crippen molar-refractivity contribution in [3.63, 3.8) is 0 Å². The van der Waals surface area contributed by atoms with Gasteiger partial charge in [0.2, 0.25) is 21.8 Å². The molecule has 0 bridgehead atoms. The number of aryl methyl sites for hydroxylation is 1. The van der Waals surface area contributed by atoms with Gasteiger partial charge in [-0.15, -0.1) is 0 Å². The minimum absolute atomic E-state index is 0.151. The Labute approximate surface area is 245 Å². The van der Waals surface area contributed by atoms with Crippen molar-refractivity contribution in [3.05, 3.63) is 101 Å². The lowest BCUT2D eigenvalue weighted by molar-refractivity contribution is -0.140.